The van der Waals surface area contributed by atoms with E-state index in [2.05, 4.69) is 5.32 Å². The molecule has 1 N–H and O–H groups in total. The lowest BCUT2D eigenvalue weighted by Crippen LogP contribution is -2.15. The van der Waals surface area contributed by atoms with Gasteiger partial charge in [0.25, 0.3) is 0 Å². The van der Waals surface area contributed by atoms with E-state index in [1.54, 1.807) is 24.3 Å². The SMILES string of the molecule is Cc1ccccc1CC(=O)Nc1cccc(OCC#N)c1. The van der Waals surface area contributed by atoms with Crippen molar-refractivity contribution in [1.82, 2.24) is 0 Å². The molecule has 0 unspecified atom stereocenters. The molecule has 2 rings (SSSR count). The summed E-state index contributed by atoms with van der Waals surface area (Å²) in [4.78, 5) is 12.1. The van der Waals surface area contributed by atoms with E-state index in [-0.39, 0.29) is 12.5 Å². The number of hydrogen-bond donors (Lipinski definition) is 1. The maximum atomic E-state index is 12.1. The zero-order valence-electron chi connectivity index (χ0n) is 11.8. The van der Waals surface area contributed by atoms with Gasteiger partial charge in [-0.3, -0.25) is 4.79 Å². The third-order valence-corrected chi connectivity index (χ3v) is 3.03. The number of ether oxygens (including phenoxy) is 1. The minimum absolute atomic E-state index is 0.0133. The summed E-state index contributed by atoms with van der Waals surface area (Å²) in [6, 6.07) is 16.7. The number of amides is 1. The average molecular weight is 280 g/mol. The number of rotatable bonds is 5. The summed E-state index contributed by atoms with van der Waals surface area (Å²) in [6.45, 7) is 1.97. The Bertz CT molecular complexity index is 674. The van der Waals surface area contributed by atoms with E-state index < -0.39 is 0 Å². The topological polar surface area (TPSA) is 62.1 Å². The Labute approximate surface area is 124 Å². The molecule has 0 aliphatic heterocycles. The third-order valence-electron chi connectivity index (χ3n) is 3.03. The summed E-state index contributed by atoms with van der Waals surface area (Å²) in [6.07, 6.45) is 0.329. The molecule has 0 radical (unpaired) electrons. The van der Waals surface area contributed by atoms with Crippen molar-refractivity contribution in [3.63, 3.8) is 0 Å². The van der Waals surface area contributed by atoms with Crippen LogP contribution in [0.3, 0.4) is 0 Å². The summed E-state index contributed by atoms with van der Waals surface area (Å²) in [5.41, 5.74) is 2.76. The van der Waals surface area contributed by atoms with Crippen molar-refractivity contribution in [2.45, 2.75) is 13.3 Å². The fourth-order valence-corrected chi connectivity index (χ4v) is 1.97. The summed E-state index contributed by atoms with van der Waals surface area (Å²) < 4.78 is 5.20. The van der Waals surface area contributed by atoms with Gasteiger partial charge in [-0.25, -0.2) is 0 Å². The molecule has 2 aromatic rings. The fraction of sp³-hybridized carbons (Fsp3) is 0.176. The minimum Gasteiger partial charge on any atom is -0.479 e. The van der Waals surface area contributed by atoms with E-state index in [1.807, 2.05) is 37.3 Å². The van der Waals surface area contributed by atoms with Crippen LogP contribution in [-0.4, -0.2) is 12.5 Å². The van der Waals surface area contributed by atoms with Crippen LogP contribution in [-0.2, 0) is 11.2 Å². The van der Waals surface area contributed by atoms with Crippen LogP contribution < -0.4 is 10.1 Å². The number of carbonyl (C=O) groups excluding carboxylic acids is 1. The van der Waals surface area contributed by atoms with Gasteiger partial charge >= 0.3 is 0 Å². The Morgan fingerprint density at radius 1 is 1.24 bits per heavy atom. The molecule has 0 saturated heterocycles. The predicted molar refractivity (Wildman–Crippen MR) is 81.1 cm³/mol. The molecule has 1 amide bonds. The van der Waals surface area contributed by atoms with Crippen molar-refractivity contribution in [1.29, 1.82) is 5.26 Å². The monoisotopic (exact) mass is 280 g/mol. The second-order valence-electron chi connectivity index (χ2n) is 4.63. The average Bonchev–Trinajstić information content (AvgIpc) is 2.48. The number of aryl methyl sites for hydroxylation is 1. The van der Waals surface area contributed by atoms with Crippen LogP contribution in [0, 0.1) is 18.3 Å². The quantitative estimate of drug-likeness (QED) is 0.915. The van der Waals surface area contributed by atoms with Gasteiger partial charge in [0.2, 0.25) is 5.91 Å². The van der Waals surface area contributed by atoms with Crippen molar-refractivity contribution < 1.29 is 9.53 Å². The predicted octanol–water partition coefficient (Wildman–Crippen LogP) is 3.08. The Kier molecular flexibility index (Phi) is 4.94. The molecule has 106 valence electrons. The van der Waals surface area contributed by atoms with Gasteiger partial charge in [0.15, 0.2) is 6.61 Å². The number of benzene rings is 2. The van der Waals surface area contributed by atoms with Crippen molar-refractivity contribution >= 4 is 11.6 Å². The maximum Gasteiger partial charge on any atom is 0.228 e. The summed E-state index contributed by atoms with van der Waals surface area (Å²) in [7, 11) is 0. The standard InChI is InChI=1S/C17H16N2O2/c1-13-5-2-3-6-14(13)11-17(20)19-15-7-4-8-16(12-15)21-10-9-18/h2-8,12H,10-11H2,1H3,(H,19,20). The fourth-order valence-electron chi connectivity index (χ4n) is 1.97. The minimum atomic E-state index is -0.0817. The first-order valence-corrected chi connectivity index (χ1v) is 6.63. The van der Waals surface area contributed by atoms with Gasteiger partial charge in [-0.15, -0.1) is 0 Å². The molecule has 4 heteroatoms. The zero-order chi connectivity index (χ0) is 15.1. The second-order valence-corrected chi connectivity index (χ2v) is 4.63. The van der Waals surface area contributed by atoms with Gasteiger partial charge in [0.1, 0.15) is 11.8 Å². The lowest BCUT2D eigenvalue weighted by atomic mass is 10.1. The van der Waals surface area contributed by atoms with Crippen LogP contribution in [0.5, 0.6) is 5.75 Å². The maximum absolute atomic E-state index is 12.1. The highest BCUT2D eigenvalue weighted by Gasteiger charge is 2.06. The third kappa shape index (κ3) is 4.36. The largest absolute Gasteiger partial charge is 0.479 e. The Morgan fingerprint density at radius 3 is 2.81 bits per heavy atom. The van der Waals surface area contributed by atoms with Crippen molar-refractivity contribution in [2.75, 3.05) is 11.9 Å². The Balaban J connectivity index is 2.00. The number of carbonyl (C=O) groups is 1. The number of hydrogen-bond acceptors (Lipinski definition) is 3. The molecular weight excluding hydrogens is 264 g/mol. The molecule has 2 aromatic carbocycles. The van der Waals surface area contributed by atoms with Gasteiger partial charge in [-0.2, -0.15) is 5.26 Å². The van der Waals surface area contributed by atoms with E-state index in [1.165, 1.54) is 0 Å². The molecule has 21 heavy (non-hydrogen) atoms. The molecule has 0 atom stereocenters. The summed E-state index contributed by atoms with van der Waals surface area (Å²) in [5.74, 6) is 0.479. The molecular formula is C17H16N2O2. The van der Waals surface area contributed by atoms with Gasteiger partial charge < -0.3 is 10.1 Å². The van der Waals surface area contributed by atoms with Crippen LogP contribution >= 0.6 is 0 Å². The molecule has 0 spiro atoms. The second kappa shape index (κ2) is 7.11. The first-order valence-electron chi connectivity index (χ1n) is 6.63. The molecule has 0 saturated carbocycles. The number of nitriles is 1. The molecule has 0 aromatic heterocycles. The normalized spacial score (nSPS) is 9.71. The molecule has 0 aliphatic rings. The van der Waals surface area contributed by atoms with Crippen LogP contribution in [0.15, 0.2) is 48.5 Å². The van der Waals surface area contributed by atoms with Crippen LogP contribution in [0.4, 0.5) is 5.69 Å². The highest BCUT2D eigenvalue weighted by atomic mass is 16.5. The number of nitrogens with zero attached hydrogens (tertiary/aromatic N) is 1. The van der Waals surface area contributed by atoms with Gasteiger partial charge in [0, 0.05) is 11.8 Å². The Morgan fingerprint density at radius 2 is 2.05 bits per heavy atom. The van der Waals surface area contributed by atoms with Crippen LogP contribution in [0.25, 0.3) is 0 Å². The lowest BCUT2D eigenvalue weighted by molar-refractivity contribution is -0.115. The summed E-state index contributed by atoms with van der Waals surface area (Å²) >= 11 is 0. The van der Waals surface area contributed by atoms with Crippen molar-refractivity contribution in [3.05, 3.63) is 59.7 Å². The molecule has 0 bridgehead atoms. The van der Waals surface area contributed by atoms with Crippen molar-refractivity contribution in [2.24, 2.45) is 0 Å². The summed E-state index contributed by atoms with van der Waals surface area (Å²) in [5, 5.41) is 11.3. The highest BCUT2D eigenvalue weighted by molar-refractivity contribution is 5.92. The van der Waals surface area contributed by atoms with Gasteiger partial charge in [-0.1, -0.05) is 30.3 Å². The molecule has 0 fully saturated rings. The van der Waals surface area contributed by atoms with Crippen LogP contribution in [0.1, 0.15) is 11.1 Å². The van der Waals surface area contributed by atoms with E-state index >= 15 is 0 Å². The number of nitrogens with one attached hydrogen (secondary N) is 1. The molecule has 0 aliphatic carbocycles. The van der Waals surface area contributed by atoms with Gasteiger partial charge in [0.05, 0.1) is 6.42 Å². The highest BCUT2D eigenvalue weighted by Crippen LogP contribution is 2.18. The smallest absolute Gasteiger partial charge is 0.228 e. The van der Waals surface area contributed by atoms with E-state index in [4.69, 9.17) is 10.00 Å². The molecule has 0 heterocycles. The van der Waals surface area contributed by atoms with Crippen LogP contribution in [0.2, 0.25) is 0 Å². The Hall–Kier alpha value is -2.80. The van der Waals surface area contributed by atoms with Crippen molar-refractivity contribution in [3.8, 4) is 11.8 Å². The zero-order valence-corrected chi connectivity index (χ0v) is 11.8. The lowest BCUT2D eigenvalue weighted by Gasteiger charge is -2.09. The van der Waals surface area contributed by atoms with Gasteiger partial charge in [-0.05, 0) is 30.2 Å². The molecule has 4 nitrogen and oxygen atoms in total. The van der Waals surface area contributed by atoms with E-state index in [0.717, 1.165) is 11.1 Å². The number of anilines is 1. The first kappa shape index (κ1) is 14.6. The van der Waals surface area contributed by atoms with E-state index in [0.29, 0.717) is 17.9 Å². The van der Waals surface area contributed by atoms with E-state index in [9.17, 15) is 4.79 Å². The first-order chi connectivity index (χ1) is 10.2.